The second kappa shape index (κ2) is 7.59. The summed E-state index contributed by atoms with van der Waals surface area (Å²) in [6.45, 7) is 7.89. The number of hydrogen-bond donors (Lipinski definition) is 0. The van der Waals surface area contributed by atoms with Gasteiger partial charge in [0.2, 0.25) is 5.91 Å². The average molecular weight is 415 g/mol. The number of carbonyl (C=O) groups excluding carboxylic acids is 2. The number of fused-ring (bicyclic) bond motifs is 1. The second-order valence-corrected chi connectivity index (χ2v) is 8.61. The van der Waals surface area contributed by atoms with Crippen molar-refractivity contribution in [1.29, 1.82) is 0 Å². The van der Waals surface area contributed by atoms with Gasteiger partial charge in [0.1, 0.15) is 10.6 Å². The van der Waals surface area contributed by atoms with E-state index in [1.807, 2.05) is 31.7 Å². The molecule has 2 amide bonds. The predicted molar refractivity (Wildman–Crippen MR) is 111 cm³/mol. The topological polar surface area (TPSA) is 58.4 Å². The molecule has 8 heteroatoms. The highest BCUT2D eigenvalue weighted by atomic mass is 32.1. The quantitative estimate of drug-likeness (QED) is 0.659. The monoisotopic (exact) mass is 414 g/mol. The van der Waals surface area contributed by atoms with Crippen LogP contribution < -0.4 is 0 Å². The Balaban J connectivity index is 1.56. The summed E-state index contributed by atoms with van der Waals surface area (Å²) >= 11 is 1.39. The molecule has 0 saturated carbocycles. The van der Waals surface area contributed by atoms with E-state index in [0.29, 0.717) is 31.1 Å². The first-order chi connectivity index (χ1) is 13.8. The molecule has 6 nitrogen and oxygen atoms in total. The smallest absolute Gasteiger partial charge is 0.264 e. The lowest BCUT2D eigenvalue weighted by molar-refractivity contribution is -0.135. The molecule has 0 spiro atoms. The SMILES string of the molecule is Cc1nn(-c2ccc(F)cc2)c2sc(C(=O)N3CCN(C(=O)C(C)C)CC3)cc12. The van der Waals surface area contributed by atoms with Crippen molar-refractivity contribution in [3.63, 3.8) is 0 Å². The molecule has 4 rings (SSSR count). The summed E-state index contributed by atoms with van der Waals surface area (Å²) in [5, 5.41) is 5.47. The van der Waals surface area contributed by atoms with Gasteiger partial charge in [-0.15, -0.1) is 11.3 Å². The third kappa shape index (κ3) is 3.64. The van der Waals surface area contributed by atoms with Gasteiger partial charge in [-0.3, -0.25) is 9.59 Å². The van der Waals surface area contributed by atoms with E-state index in [9.17, 15) is 14.0 Å². The summed E-state index contributed by atoms with van der Waals surface area (Å²) in [4.78, 5) is 30.3. The van der Waals surface area contributed by atoms with E-state index in [1.54, 1.807) is 21.7 Å². The van der Waals surface area contributed by atoms with Crippen LogP contribution in [0.1, 0.15) is 29.2 Å². The summed E-state index contributed by atoms with van der Waals surface area (Å²) in [5.41, 5.74) is 1.58. The number of rotatable bonds is 3. The Morgan fingerprint density at radius 3 is 2.31 bits per heavy atom. The lowest BCUT2D eigenvalue weighted by atomic mass is 10.1. The predicted octanol–water partition coefficient (Wildman–Crippen LogP) is 3.47. The number of halogens is 1. The standard InChI is InChI=1S/C21H23FN4O2S/c1-13(2)19(27)24-8-10-25(11-9-24)20(28)18-12-17-14(3)23-26(21(17)29-18)16-6-4-15(22)5-7-16/h4-7,12-13H,8-11H2,1-3H3. The molecule has 2 aromatic heterocycles. The normalized spacial score (nSPS) is 14.8. The van der Waals surface area contributed by atoms with Gasteiger partial charge in [0.25, 0.3) is 5.91 Å². The molecule has 0 radical (unpaired) electrons. The van der Waals surface area contributed by atoms with E-state index < -0.39 is 0 Å². The van der Waals surface area contributed by atoms with Gasteiger partial charge in [0.05, 0.1) is 16.3 Å². The molecular formula is C21H23FN4O2S. The molecule has 1 aliphatic heterocycles. The number of aryl methyl sites for hydroxylation is 1. The lowest BCUT2D eigenvalue weighted by Crippen LogP contribution is -2.51. The van der Waals surface area contributed by atoms with Crippen LogP contribution in [0.5, 0.6) is 0 Å². The Morgan fingerprint density at radius 1 is 1.07 bits per heavy atom. The first-order valence-corrected chi connectivity index (χ1v) is 10.5. The molecule has 1 fully saturated rings. The Hall–Kier alpha value is -2.74. The molecule has 29 heavy (non-hydrogen) atoms. The zero-order chi connectivity index (χ0) is 20.7. The molecule has 0 atom stereocenters. The van der Waals surface area contributed by atoms with Crippen LogP contribution in [0, 0.1) is 18.7 Å². The molecule has 1 aromatic carbocycles. The molecule has 1 aliphatic rings. The van der Waals surface area contributed by atoms with Gasteiger partial charge in [-0.05, 0) is 37.3 Å². The Bertz CT molecular complexity index is 1060. The van der Waals surface area contributed by atoms with Crippen LogP contribution in [0.4, 0.5) is 4.39 Å². The summed E-state index contributed by atoms with van der Waals surface area (Å²) in [5.74, 6) is -0.217. The van der Waals surface area contributed by atoms with Crippen molar-refractivity contribution >= 4 is 33.4 Å². The number of amides is 2. The Labute approximate surface area is 172 Å². The van der Waals surface area contributed by atoms with Crippen molar-refractivity contribution in [2.24, 2.45) is 5.92 Å². The molecule has 0 bridgehead atoms. The number of piperazine rings is 1. The number of aromatic nitrogens is 2. The van der Waals surface area contributed by atoms with Gasteiger partial charge < -0.3 is 9.80 Å². The van der Waals surface area contributed by atoms with Gasteiger partial charge in [-0.1, -0.05) is 13.8 Å². The first-order valence-electron chi connectivity index (χ1n) is 9.68. The van der Waals surface area contributed by atoms with Crippen LogP contribution in [0.15, 0.2) is 30.3 Å². The van der Waals surface area contributed by atoms with E-state index in [4.69, 9.17) is 0 Å². The minimum absolute atomic E-state index is 0.0205. The number of carbonyl (C=O) groups is 2. The maximum atomic E-state index is 13.3. The van der Waals surface area contributed by atoms with Crippen molar-refractivity contribution in [3.05, 3.63) is 46.7 Å². The van der Waals surface area contributed by atoms with E-state index in [-0.39, 0.29) is 23.5 Å². The number of benzene rings is 1. The minimum Gasteiger partial charge on any atom is -0.339 e. The van der Waals surface area contributed by atoms with Crippen LogP contribution in [-0.4, -0.2) is 57.6 Å². The molecule has 0 N–H and O–H groups in total. The van der Waals surface area contributed by atoms with Gasteiger partial charge in [0.15, 0.2) is 0 Å². The molecule has 0 unspecified atom stereocenters. The molecule has 152 valence electrons. The number of thiophene rings is 1. The highest BCUT2D eigenvalue weighted by molar-refractivity contribution is 7.20. The third-order valence-electron chi connectivity index (χ3n) is 5.20. The summed E-state index contributed by atoms with van der Waals surface area (Å²) in [7, 11) is 0. The first kappa shape index (κ1) is 19.6. The fourth-order valence-corrected chi connectivity index (χ4v) is 4.71. The molecule has 3 heterocycles. The molecule has 3 aromatic rings. The second-order valence-electron chi connectivity index (χ2n) is 7.58. The maximum absolute atomic E-state index is 13.3. The van der Waals surface area contributed by atoms with Crippen LogP contribution in [0.2, 0.25) is 0 Å². The maximum Gasteiger partial charge on any atom is 0.264 e. The van der Waals surface area contributed by atoms with Crippen molar-refractivity contribution in [3.8, 4) is 5.69 Å². The number of hydrogen-bond acceptors (Lipinski definition) is 4. The van der Waals surface area contributed by atoms with Crippen molar-refractivity contribution in [2.75, 3.05) is 26.2 Å². The third-order valence-corrected chi connectivity index (χ3v) is 6.30. The van der Waals surface area contributed by atoms with Crippen molar-refractivity contribution in [2.45, 2.75) is 20.8 Å². The number of nitrogens with zero attached hydrogens (tertiary/aromatic N) is 4. The Morgan fingerprint density at radius 2 is 1.69 bits per heavy atom. The van der Waals surface area contributed by atoms with E-state index in [1.165, 1.54) is 23.5 Å². The van der Waals surface area contributed by atoms with Crippen LogP contribution in [0.25, 0.3) is 15.9 Å². The summed E-state index contributed by atoms with van der Waals surface area (Å²) in [6, 6.07) is 8.03. The fourth-order valence-electron chi connectivity index (χ4n) is 3.56. The highest BCUT2D eigenvalue weighted by Gasteiger charge is 2.27. The average Bonchev–Trinajstić information content (AvgIpc) is 3.28. The van der Waals surface area contributed by atoms with Crippen LogP contribution in [0.3, 0.4) is 0 Å². The minimum atomic E-state index is -0.300. The summed E-state index contributed by atoms with van der Waals surface area (Å²) < 4.78 is 15.0. The van der Waals surface area contributed by atoms with Gasteiger partial charge in [-0.2, -0.15) is 5.10 Å². The zero-order valence-electron chi connectivity index (χ0n) is 16.7. The Kier molecular flexibility index (Phi) is 5.12. The van der Waals surface area contributed by atoms with Crippen LogP contribution >= 0.6 is 11.3 Å². The van der Waals surface area contributed by atoms with Gasteiger partial charge in [0, 0.05) is 37.5 Å². The molecule has 1 saturated heterocycles. The fraction of sp³-hybridized carbons (Fsp3) is 0.381. The largest absolute Gasteiger partial charge is 0.339 e. The zero-order valence-corrected chi connectivity index (χ0v) is 17.5. The summed E-state index contributed by atoms with van der Waals surface area (Å²) in [6.07, 6.45) is 0. The van der Waals surface area contributed by atoms with E-state index in [0.717, 1.165) is 21.6 Å². The van der Waals surface area contributed by atoms with Gasteiger partial charge in [-0.25, -0.2) is 9.07 Å². The van der Waals surface area contributed by atoms with Crippen LogP contribution in [-0.2, 0) is 4.79 Å². The van der Waals surface area contributed by atoms with E-state index >= 15 is 0 Å². The van der Waals surface area contributed by atoms with Crippen molar-refractivity contribution < 1.29 is 14.0 Å². The van der Waals surface area contributed by atoms with Gasteiger partial charge >= 0.3 is 0 Å². The molecule has 0 aliphatic carbocycles. The van der Waals surface area contributed by atoms with Crippen molar-refractivity contribution in [1.82, 2.24) is 19.6 Å². The lowest BCUT2D eigenvalue weighted by Gasteiger charge is -2.35. The van der Waals surface area contributed by atoms with E-state index in [2.05, 4.69) is 5.10 Å². The highest BCUT2D eigenvalue weighted by Crippen LogP contribution is 2.31. The molecular weight excluding hydrogens is 391 g/mol.